The summed E-state index contributed by atoms with van der Waals surface area (Å²) in [4.78, 5) is 19.4. The van der Waals surface area contributed by atoms with E-state index in [2.05, 4.69) is 9.97 Å². The molecule has 0 spiro atoms. The van der Waals surface area contributed by atoms with Gasteiger partial charge in [-0.2, -0.15) is 0 Å². The number of hydrogen-bond acceptors (Lipinski definition) is 7. The number of non-ortho nitro benzene ring substituents is 1. The molecule has 0 aliphatic carbocycles. The van der Waals surface area contributed by atoms with Gasteiger partial charge in [0.25, 0.3) is 5.69 Å². The molecule has 0 bridgehead atoms. The summed E-state index contributed by atoms with van der Waals surface area (Å²) in [7, 11) is 1.58. The maximum absolute atomic E-state index is 11.1. The van der Waals surface area contributed by atoms with E-state index in [0.717, 1.165) is 5.56 Å². The predicted molar refractivity (Wildman–Crippen MR) is 93.1 cm³/mol. The minimum atomic E-state index is -0.580. The monoisotopic (exact) mass is 339 g/mol. The summed E-state index contributed by atoms with van der Waals surface area (Å²) in [6, 6.07) is 11.1. The van der Waals surface area contributed by atoms with E-state index in [9.17, 15) is 10.1 Å². The Hall–Kier alpha value is -3.10. The number of ether oxygens (including phenoxy) is 1. The second kappa shape index (κ2) is 6.80. The first-order chi connectivity index (χ1) is 12.0. The third-order valence-electron chi connectivity index (χ3n) is 3.92. The Labute approximate surface area is 143 Å². The number of nitrogens with zero attached hydrogens (tertiary/aromatic N) is 3. The molecule has 0 fully saturated rings. The van der Waals surface area contributed by atoms with Crippen molar-refractivity contribution in [3.05, 3.63) is 69.7 Å². The predicted octanol–water partition coefficient (Wildman–Crippen LogP) is 2.05. The zero-order valence-electron chi connectivity index (χ0n) is 13.5. The van der Waals surface area contributed by atoms with Crippen molar-refractivity contribution in [2.75, 3.05) is 7.11 Å². The third kappa shape index (κ3) is 3.25. The number of methoxy groups -OCH3 is 1. The smallest absolute Gasteiger partial charge is 0.270 e. The Morgan fingerprint density at radius 3 is 2.52 bits per heavy atom. The first-order valence-electron chi connectivity index (χ1n) is 7.58. The molecule has 8 heteroatoms. The molecule has 128 valence electrons. The Balaban J connectivity index is 2.16. The number of hydrogen-bond donors (Lipinski definition) is 2. The lowest BCUT2D eigenvalue weighted by Gasteiger charge is -2.15. The molecule has 3 rings (SSSR count). The number of fused-ring (bicyclic) bond motifs is 1. The van der Waals surface area contributed by atoms with Gasteiger partial charge >= 0.3 is 0 Å². The van der Waals surface area contributed by atoms with Gasteiger partial charge in [0.1, 0.15) is 11.6 Å². The molecule has 3 aromatic rings. The van der Waals surface area contributed by atoms with E-state index in [1.165, 1.54) is 12.1 Å². The van der Waals surface area contributed by atoms with Gasteiger partial charge in [0.15, 0.2) is 0 Å². The van der Waals surface area contributed by atoms with Crippen LogP contribution < -0.4 is 16.2 Å². The second-order valence-corrected chi connectivity index (χ2v) is 5.44. The molecular weight excluding hydrogens is 322 g/mol. The van der Waals surface area contributed by atoms with Crippen molar-refractivity contribution < 1.29 is 9.66 Å². The minimum Gasteiger partial charge on any atom is -0.497 e. The van der Waals surface area contributed by atoms with Crippen molar-refractivity contribution in [3.8, 4) is 5.75 Å². The fourth-order valence-corrected chi connectivity index (χ4v) is 2.60. The van der Waals surface area contributed by atoms with Crippen LogP contribution >= 0.6 is 0 Å². The van der Waals surface area contributed by atoms with Gasteiger partial charge in [0.05, 0.1) is 35.8 Å². The number of rotatable bonds is 5. The standard InChI is InChI=1S/C17H17N5O3/c1-25-12-5-2-10(3-6-12)16(19)17-13-8-11(22(23)24)4-7-14(13)20-15(9-18)21-17/h2-8,16H,9,18-19H2,1H3. The average molecular weight is 339 g/mol. The van der Waals surface area contributed by atoms with E-state index in [0.29, 0.717) is 28.2 Å². The molecule has 0 amide bonds. The molecule has 1 heterocycles. The summed E-state index contributed by atoms with van der Waals surface area (Å²) >= 11 is 0. The van der Waals surface area contributed by atoms with E-state index >= 15 is 0 Å². The molecule has 0 saturated carbocycles. The molecule has 0 aliphatic rings. The second-order valence-electron chi connectivity index (χ2n) is 5.44. The number of nitrogens with two attached hydrogens (primary N) is 2. The zero-order chi connectivity index (χ0) is 18.0. The summed E-state index contributed by atoms with van der Waals surface area (Å²) in [5, 5.41) is 11.6. The molecule has 2 aromatic carbocycles. The SMILES string of the molecule is COc1ccc(C(N)c2nc(CN)nc3ccc([N+](=O)[O-])cc23)cc1. The lowest BCUT2D eigenvalue weighted by molar-refractivity contribution is -0.384. The summed E-state index contributed by atoms with van der Waals surface area (Å²) < 4.78 is 5.15. The molecule has 1 atom stereocenters. The molecule has 0 radical (unpaired) electrons. The quantitative estimate of drug-likeness (QED) is 0.537. The van der Waals surface area contributed by atoms with Crippen LogP contribution in [-0.2, 0) is 6.54 Å². The first kappa shape index (κ1) is 16.7. The summed E-state index contributed by atoms with van der Waals surface area (Å²) in [5.41, 5.74) is 13.9. The third-order valence-corrected chi connectivity index (χ3v) is 3.92. The topological polar surface area (TPSA) is 130 Å². The Kier molecular flexibility index (Phi) is 4.55. The molecule has 25 heavy (non-hydrogen) atoms. The highest BCUT2D eigenvalue weighted by atomic mass is 16.6. The fourth-order valence-electron chi connectivity index (χ4n) is 2.60. The van der Waals surface area contributed by atoms with Crippen LogP contribution in [0.1, 0.15) is 23.1 Å². The number of aromatic nitrogens is 2. The Morgan fingerprint density at radius 2 is 1.92 bits per heavy atom. The van der Waals surface area contributed by atoms with Crippen molar-refractivity contribution in [1.29, 1.82) is 0 Å². The fraction of sp³-hybridized carbons (Fsp3) is 0.176. The van der Waals surface area contributed by atoms with E-state index in [-0.39, 0.29) is 12.2 Å². The van der Waals surface area contributed by atoms with E-state index < -0.39 is 11.0 Å². The molecule has 1 unspecified atom stereocenters. The lowest BCUT2D eigenvalue weighted by atomic mass is 10.0. The van der Waals surface area contributed by atoms with Gasteiger partial charge in [0.2, 0.25) is 0 Å². The zero-order valence-corrected chi connectivity index (χ0v) is 13.5. The van der Waals surface area contributed by atoms with Crippen LogP contribution in [0, 0.1) is 10.1 Å². The van der Waals surface area contributed by atoms with Crippen LogP contribution in [0.4, 0.5) is 5.69 Å². The van der Waals surface area contributed by atoms with Crippen LogP contribution in [-0.4, -0.2) is 22.0 Å². The lowest BCUT2D eigenvalue weighted by Crippen LogP contribution is -2.17. The van der Waals surface area contributed by atoms with Crippen molar-refractivity contribution in [2.24, 2.45) is 11.5 Å². The van der Waals surface area contributed by atoms with Crippen LogP contribution in [0.15, 0.2) is 42.5 Å². The summed E-state index contributed by atoms with van der Waals surface area (Å²) in [5.74, 6) is 1.14. The molecule has 1 aromatic heterocycles. The minimum absolute atomic E-state index is 0.0419. The van der Waals surface area contributed by atoms with Crippen molar-refractivity contribution in [3.63, 3.8) is 0 Å². The van der Waals surface area contributed by atoms with Crippen molar-refractivity contribution in [1.82, 2.24) is 9.97 Å². The first-order valence-corrected chi connectivity index (χ1v) is 7.58. The van der Waals surface area contributed by atoms with Crippen molar-refractivity contribution >= 4 is 16.6 Å². The van der Waals surface area contributed by atoms with Crippen LogP contribution in [0.5, 0.6) is 5.75 Å². The van der Waals surface area contributed by atoms with Gasteiger partial charge in [-0.3, -0.25) is 10.1 Å². The molecule has 0 saturated heterocycles. The average Bonchev–Trinajstić information content (AvgIpc) is 2.66. The maximum Gasteiger partial charge on any atom is 0.270 e. The maximum atomic E-state index is 11.1. The van der Waals surface area contributed by atoms with Gasteiger partial charge in [-0.05, 0) is 23.8 Å². The van der Waals surface area contributed by atoms with Crippen LogP contribution in [0.25, 0.3) is 10.9 Å². The van der Waals surface area contributed by atoms with E-state index in [1.807, 2.05) is 12.1 Å². The Bertz CT molecular complexity index is 927. The normalized spacial score (nSPS) is 12.1. The largest absolute Gasteiger partial charge is 0.497 e. The number of benzene rings is 2. The van der Waals surface area contributed by atoms with Gasteiger partial charge < -0.3 is 16.2 Å². The Morgan fingerprint density at radius 1 is 1.20 bits per heavy atom. The summed E-state index contributed by atoms with van der Waals surface area (Å²) in [6.07, 6.45) is 0. The highest BCUT2D eigenvalue weighted by Gasteiger charge is 2.18. The number of nitro benzene ring substituents is 1. The summed E-state index contributed by atoms with van der Waals surface area (Å²) in [6.45, 7) is 0.148. The molecule has 0 aliphatic heterocycles. The van der Waals surface area contributed by atoms with E-state index in [1.54, 1.807) is 25.3 Å². The molecular formula is C17H17N5O3. The van der Waals surface area contributed by atoms with Crippen molar-refractivity contribution in [2.45, 2.75) is 12.6 Å². The van der Waals surface area contributed by atoms with Gasteiger partial charge in [-0.15, -0.1) is 0 Å². The van der Waals surface area contributed by atoms with Crippen LogP contribution in [0.3, 0.4) is 0 Å². The molecule has 4 N–H and O–H groups in total. The van der Waals surface area contributed by atoms with Crippen LogP contribution in [0.2, 0.25) is 0 Å². The highest BCUT2D eigenvalue weighted by molar-refractivity contribution is 5.84. The van der Waals surface area contributed by atoms with Gasteiger partial charge in [-0.1, -0.05) is 12.1 Å². The van der Waals surface area contributed by atoms with Gasteiger partial charge in [-0.25, -0.2) is 9.97 Å². The highest BCUT2D eigenvalue weighted by Crippen LogP contribution is 2.29. The molecule has 8 nitrogen and oxygen atoms in total. The number of nitro groups is 1. The van der Waals surface area contributed by atoms with E-state index in [4.69, 9.17) is 16.2 Å². The van der Waals surface area contributed by atoms with Gasteiger partial charge in [0, 0.05) is 17.5 Å².